The van der Waals surface area contributed by atoms with Gasteiger partial charge in [-0.05, 0) is 12.1 Å². The fraction of sp³-hybridized carbons (Fsp3) is 0.214. The maximum absolute atomic E-state index is 11.5. The van der Waals surface area contributed by atoms with Gasteiger partial charge in [0.1, 0.15) is 12.4 Å². The Morgan fingerprint density at radius 2 is 2.05 bits per heavy atom. The number of aliphatic hydroxyl groups is 1. The number of halogens is 1. The molecule has 0 aliphatic rings. The summed E-state index contributed by atoms with van der Waals surface area (Å²) in [6.45, 7) is 0.595. The molecule has 0 amide bonds. The highest BCUT2D eigenvalue weighted by Crippen LogP contribution is 2.28. The normalized spacial score (nSPS) is 10.4. The van der Waals surface area contributed by atoms with Crippen LogP contribution in [0.3, 0.4) is 0 Å². The molecule has 0 bridgehead atoms. The summed E-state index contributed by atoms with van der Waals surface area (Å²) in [6, 6.07) is 10.2. The molecule has 2 aromatic rings. The monoisotopic (exact) mass is 279 g/mol. The Labute approximate surface area is 115 Å². The summed E-state index contributed by atoms with van der Waals surface area (Å²) >= 11 is 6.02. The molecule has 0 saturated heterocycles. The Bertz CT molecular complexity index is 610. The van der Waals surface area contributed by atoms with Crippen molar-refractivity contribution in [2.75, 3.05) is 6.61 Å². The number of para-hydroxylation sites is 1. The third kappa shape index (κ3) is 3.36. The average Bonchev–Trinajstić information content (AvgIpc) is 2.42. The molecule has 0 atom stereocenters. The van der Waals surface area contributed by atoms with E-state index in [1.54, 1.807) is 41.1 Å². The molecule has 4 nitrogen and oxygen atoms in total. The van der Waals surface area contributed by atoms with Crippen molar-refractivity contribution in [2.24, 2.45) is 0 Å². The Kier molecular flexibility index (Phi) is 4.60. The number of benzene rings is 1. The Morgan fingerprint density at radius 1 is 1.21 bits per heavy atom. The summed E-state index contributed by atoms with van der Waals surface area (Å²) in [4.78, 5) is 11.5. The van der Waals surface area contributed by atoms with E-state index < -0.39 is 0 Å². The molecule has 5 heteroatoms. The van der Waals surface area contributed by atoms with Gasteiger partial charge < -0.3 is 14.4 Å². The zero-order chi connectivity index (χ0) is 13.7. The van der Waals surface area contributed by atoms with Gasteiger partial charge in [0.2, 0.25) is 0 Å². The molecule has 0 saturated carbocycles. The average molecular weight is 280 g/mol. The molecule has 2 rings (SSSR count). The van der Waals surface area contributed by atoms with Crippen LogP contribution in [-0.2, 0) is 13.2 Å². The zero-order valence-corrected chi connectivity index (χ0v) is 11.0. The highest BCUT2D eigenvalue weighted by atomic mass is 35.5. The Hall–Kier alpha value is -1.78. The highest BCUT2D eigenvalue weighted by Gasteiger charge is 2.07. The molecule has 100 valence electrons. The number of aliphatic hydroxyl groups excluding tert-OH is 1. The minimum Gasteiger partial charge on any atom is -0.490 e. The molecule has 0 aliphatic carbocycles. The molecule has 19 heavy (non-hydrogen) atoms. The first-order valence-corrected chi connectivity index (χ1v) is 6.26. The van der Waals surface area contributed by atoms with Crippen LogP contribution in [0.5, 0.6) is 5.75 Å². The molecule has 1 heterocycles. The minimum absolute atomic E-state index is 0.0763. The SMILES string of the molecule is O=c1ccccn1CCOc1c(Cl)cccc1CO. The minimum atomic E-state index is -0.138. The van der Waals surface area contributed by atoms with Crippen LogP contribution in [0.1, 0.15) is 5.56 Å². The number of ether oxygens (including phenoxy) is 1. The van der Waals surface area contributed by atoms with Crippen molar-refractivity contribution in [3.8, 4) is 5.75 Å². The van der Waals surface area contributed by atoms with Gasteiger partial charge in [-0.15, -0.1) is 0 Å². The van der Waals surface area contributed by atoms with Gasteiger partial charge in [-0.2, -0.15) is 0 Å². The van der Waals surface area contributed by atoms with E-state index in [0.29, 0.717) is 29.5 Å². The number of nitrogens with zero attached hydrogens (tertiary/aromatic N) is 1. The van der Waals surface area contributed by atoms with Crippen molar-refractivity contribution in [1.82, 2.24) is 4.57 Å². The van der Waals surface area contributed by atoms with Crippen LogP contribution in [0.25, 0.3) is 0 Å². The van der Waals surface area contributed by atoms with Gasteiger partial charge in [-0.25, -0.2) is 0 Å². The summed E-state index contributed by atoms with van der Waals surface area (Å²) in [7, 11) is 0. The second-order valence-electron chi connectivity index (χ2n) is 3.97. The van der Waals surface area contributed by atoms with Crippen molar-refractivity contribution < 1.29 is 9.84 Å². The van der Waals surface area contributed by atoms with Crippen LogP contribution in [0.15, 0.2) is 47.4 Å². The number of aromatic nitrogens is 1. The molecule has 1 aromatic carbocycles. The first-order valence-electron chi connectivity index (χ1n) is 5.89. The van der Waals surface area contributed by atoms with E-state index in [2.05, 4.69) is 0 Å². The van der Waals surface area contributed by atoms with Crippen molar-refractivity contribution in [3.05, 3.63) is 63.5 Å². The van der Waals surface area contributed by atoms with Crippen molar-refractivity contribution in [1.29, 1.82) is 0 Å². The lowest BCUT2D eigenvalue weighted by atomic mass is 10.2. The van der Waals surface area contributed by atoms with Crippen LogP contribution in [0.2, 0.25) is 5.02 Å². The molecule has 0 fully saturated rings. The predicted molar refractivity (Wildman–Crippen MR) is 73.6 cm³/mol. The molecular weight excluding hydrogens is 266 g/mol. The molecule has 1 N–H and O–H groups in total. The smallest absolute Gasteiger partial charge is 0.250 e. The first kappa shape index (κ1) is 13.6. The summed E-state index contributed by atoms with van der Waals surface area (Å²) in [5.41, 5.74) is 0.556. The van der Waals surface area contributed by atoms with Gasteiger partial charge >= 0.3 is 0 Å². The third-order valence-electron chi connectivity index (χ3n) is 2.70. The van der Waals surface area contributed by atoms with E-state index in [4.69, 9.17) is 16.3 Å². The van der Waals surface area contributed by atoms with Crippen LogP contribution < -0.4 is 10.3 Å². The highest BCUT2D eigenvalue weighted by molar-refractivity contribution is 6.32. The van der Waals surface area contributed by atoms with E-state index in [1.165, 1.54) is 6.07 Å². The largest absolute Gasteiger partial charge is 0.490 e. The Morgan fingerprint density at radius 3 is 2.79 bits per heavy atom. The lowest BCUT2D eigenvalue weighted by Crippen LogP contribution is -2.21. The van der Waals surface area contributed by atoms with E-state index in [1.807, 2.05) is 0 Å². The number of hydrogen-bond donors (Lipinski definition) is 1. The van der Waals surface area contributed by atoms with E-state index in [-0.39, 0.29) is 12.2 Å². The van der Waals surface area contributed by atoms with Crippen LogP contribution >= 0.6 is 11.6 Å². The summed E-state index contributed by atoms with van der Waals surface area (Å²) in [5, 5.41) is 9.66. The number of pyridine rings is 1. The lowest BCUT2D eigenvalue weighted by Gasteiger charge is -2.12. The fourth-order valence-corrected chi connectivity index (χ4v) is 1.98. The fourth-order valence-electron chi connectivity index (χ4n) is 1.73. The summed E-state index contributed by atoms with van der Waals surface area (Å²) in [6.07, 6.45) is 1.70. The molecule has 0 radical (unpaired) electrons. The second kappa shape index (κ2) is 6.41. The van der Waals surface area contributed by atoms with Gasteiger partial charge in [0.05, 0.1) is 18.2 Å². The summed E-state index contributed by atoms with van der Waals surface area (Å²) in [5.74, 6) is 0.468. The standard InChI is InChI=1S/C14H14ClNO3/c15-12-5-3-4-11(10-17)14(12)19-9-8-16-7-2-1-6-13(16)18/h1-7,17H,8-10H2. The van der Waals surface area contributed by atoms with Gasteiger partial charge in [0.25, 0.3) is 5.56 Å². The lowest BCUT2D eigenvalue weighted by molar-refractivity contribution is 0.257. The number of rotatable bonds is 5. The van der Waals surface area contributed by atoms with Gasteiger partial charge in [-0.1, -0.05) is 29.8 Å². The van der Waals surface area contributed by atoms with E-state index in [9.17, 15) is 9.90 Å². The van der Waals surface area contributed by atoms with Crippen molar-refractivity contribution in [2.45, 2.75) is 13.2 Å². The molecule has 1 aromatic heterocycles. The zero-order valence-electron chi connectivity index (χ0n) is 10.3. The van der Waals surface area contributed by atoms with Crippen LogP contribution in [0, 0.1) is 0 Å². The molecule has 0 unspecified atom stereocenters. The van der Waals surface area contributed by atoms with Crippen LogP contribution in [-0.4, -0.2) is 16.3 Å². The van der Waals surface area contributed by atoms with Gasteiger partial charge in [0, 0.05) is 17.8 Å². The van der Waals surface area contributed by atoms with Gasteiger partial charge in [-0.3, -0.25) is 4.79 Å². The van der Waals surface area contributed by atoms with E-state index >= 15 is 0 Å². The Balaban J connectivity index is 2.04. The van der Waals surface area contributed by atoms with Crippen molar-refractivity contribution in [3.63, 3.8) is 0 Å². The topological polar surface area (TPSA) is 51.5 Å². The molecule has 0 aliphatic heterocycles. The molecule has 0 spiro atoms. The first-order chi connectivity index (χ1) is 9.22. The second-order valence-corrected chi connectivity index (χ2v) is 4.37. The maximum atomic E-state index is 11.5. The quantitative estimate of drug-likeness (QED) is 0.912. The van der Waals surface area contributed by atoms with E-state index in [0.717, 1.165) is 0 Å². The van der Waals surface area contributed by atoms with Crippen molar-refractivity contribution >= 4 is 11.6 Å². The van der Waals surface area contributed by atoms with Crippen LogP contribution in [0.4, 0.5) is 0 Å². The maximum Gasteiger partial charge on any atom is 0.250 e. The van der Waals surface area contributed by atoms with Gasteiger partial charge in [0.15, 0.2) is 0 Å². The predicted octanol–water partition coefficient (Wildman–Crippen LogP) is 2.07. The molecular formula is C14H14ClNO3. The summed E-state index contributed by atoms with van der Waals surface area (Å²) < 4.78 is 7.12. The number of hydrogen-bond acceptors (Lipinski definition) is 3. The third-order valence-corrected chi connectivity index (χ3v) is 2.99.